The van der Waals surface area contributed by atoms with Crippen LogP contribution in [0.25, 0.3) is 21.9 Å². The number of carbonyl (C=O) groups excluding carboxylic acids is 2. The Balaban J connectivity index is 1.49. The van der Waals surface area contributed by atoms with E-state index >= 15 is 0 Å². The van der Waals surface area contributed by atoms with Gasteiger partial charge >= 0.3 is 11.9 Å². The summed E-state index contributed by atoms with van der Waals surface area (Å²) < 4.78 is 22.5. The zero-order valence-corrected chi connectivity index (χ0v) is 24.7. The van der Waals surface area contributed by atoms with Crippen molar-refractivity contribution in [2.24, 2.45) is 0 Å². The van der Waals surface area contributed by atoms with Crippen LogP contribution in [0.5, 0.6) is 11.5 Å². The third-order valence-electron chi connectivity index (χ3n) is 8.00. The molecule has 5 aromatic rings. The molecule has 224 valence electrons. The minimum Gasteiger partial charge on any atom is -0.490 e. The Bertz CT molecular complexity index is 1890. The molecule has 0 heterocycles. The van der Waals surface area contributed by atoms with E-state index in [1.807, 2.05) is 30.3 Å². The standard InChI is InChI=1S/C39H32O6/c1-3-37(40)44-23-21-42-30-19-17-29(18-20-30)39(34-15-9-10-16-36(34)43-22-24-45-38(41)4-2)33-14-8-7-13-31(33)32-25-27-11-5-6-12-28(27)26-35(32)39/h3-20,25-26H,1-2,21-24H2. The van der Waals surface area contributed by atoms with Crippen LogP contribution in [0, 0.1) is 0 Å². The van der Waals surface area contributed by atoms with Gasteiger partial charge in [0, 0.05) is 17.7 Å². The maximum atomic E-state index is 11.6. The second kappa shape index (κ2) is 12.9. The van der Waals surface area contributed by atoms with Crippen LogP contribution in [0.1, 0.15) is 22.3 Å². The maximum Gasteiger partial charge on any atom is 0.330 e. The molecular weight excluding hydrogens is 564 g/mol. The van der Waals surface area contributed by atoms with Gasteiger partial charge in [0.05, 0.1) is 5.41 Å². The fourth-order valence-corrected chi connectivity index (χ4v) is 6.14. The molecule has 1 aliphatic rings. The van der Waals surface area contributed by atoms with Gasteiger partial charge < -0.3 is 18.9 Å². The van der Waals surface area contributed by atoms with Crippen LogP contribution < -0.4 is 9.47 Å². The number of hydrogen-bond acceptors (Lipinski definition) is 6. The van der Waals surface area contributed by atoms with Gasteiger partial charge in [-0.2, -0.15) is 0 Å². The molecule has 0 N–H and O–H groups in total. The topological polar surface area (TPSA) is 71.1 Å². The second-order valence-corrected chi connectivity index (χ2v) is 10.5. The highest BCUT2D eigenvalue weighted by Gasteiger charge is 2.47. The molecule has 0 spiro atoms. The summed E-state index contributed by atoms with van der Waals surface area (Å²) in [7, 11) is 0. The van der Waals surface area contributed by atoms with Crippen LogP contribution in [0.4, 0.5) is 0 Å². The second-order valence-electron chi connectivity index (χ2n) is 10.5. The molecule has 0 fully saturated rings. The van der Waals surface area contributed by atoms with Crippen LogP contribution in [0.3, 0.4) is 0 Å². The molecule has 6 heteroatoms. The molecule has 0 bridgehead atoms. The van der Waals surface area contributed by atoms with E-state index in [-0.39, 0.29) is 26.4 Å². The summed E-state index contributed by atoms with van der Waals surface area (Å²) in [6.07, 6.45) is 2.27. The van der Waals surface area contributed by atoms with Crippen molar-refractivity contribution in [1.29, 1.82) is 0 Å². The molecule has 45 heavy (non-hydrogen) atoms. The lowest BCUT2D eigenvalue weighted by atomic mass is 9.67. The van der Waals surface area contributed by atoms with E-state index in [4.69, 9.17) is 18.9 Å². The molecule has 1 unspecified atom stereocenters. The van der Waals surface area contributed by atoms with Crippen LogP contribution >= 0.6 is 0 Å². The minimum absolute atomic E-state index is 0.0954. The van der Waals surface area contributed by atoms with Crippen LogP contribution in [-0.2, 0) is 24.5 Å². The van der Waals surface area contributed by atoms with Crippen molar-refractivity contribution in [2.45, 2.75) is 5.41 Å². The van der Waals surface area contributed by atoms with E-state index in [0.29, 0.717) is 11.5 Å². The largest absolute Gasteiger partial charge is 0.490 e. The van der Waals surface area contributed by atoms with Crippen molar-refractivity contribution >= 4 is 22.7 Å². The molecule has 0 aromatic heterocycles. The van der Waals surface area contributed by atoms with Gasteiger partial charge in [0.1, 0.15) is 37.9 Å². The first-order valence-electron chi connectivity index (χ1n) is 14.7. The third kappa shape index (κ3) is 5.58. The zero-order valence-electron chi connectivity index (χ0n) is 24.7. The zero-order chi connectivity index (χ0) is 31.2. The molecule has 1 aliphatic carbocycles. The average Bonchev–Trinajstić information content (AvgIpc) is 3.37. The van der Waals surface area contributed by atoms with E-state index in [1.54, 1.807) is 0 Å². The van der Waals surface area contributed by atoms with E-state index in [9.17, 15) is 9.59 Å². The lowest BCUT2D eigenvalue weighted by molar-refractivity contribution is -0.139. The Morgan fingerprint density at radius 3 is 1.84 bits per heavy atom. The summed E-state index contributed by atoms with van der Waals surface area (Å²) in [6.45, 7) is 7.49. The fourth-order valence-electron chi connectivity index (χ4n) is 6.14. The highest BCUT2D eigenvalue weighted by molar-refractivity contribution is 5.96. The molecule has 0 aliphatic heterocycles. The van der Waals surface area contributed by atoms with Crippen molar-refractivity contribution in [1.82, 2.24) is 0 Å². The number of fused-ring (bicyclic) bond motifs is 4. The monoisotopic (exact) mass is 596 g/mol. The lowest BCUT2D eigenvalue weighted by Gasteiger charge is -2.35. The van der Waals surface area contributed by atoms with Gasteiger partial charge in [0.15, 0.2) is 0 Å². The highest BCUT2D eigenvalue weighted by Crippen LogP contribution is 2.58. The number of rotatable bonds is 12. The van der Waals surface area contributed by atoms with Crippen molar-refractivity contribution in [2.75, 3.05) is 26.4 Å². The summed E-state index contributed by atoms with van der Waals surface area (Å²) in [6, 6.07) is 37.5. The summed E-state index contributed by atoms with van der Waals surface area (Å²) in [4.78, 5) is 23.0. The van der Waals surface area contributed by atoms with Crippen LogP contribution in [0.2, 0.25) is 0 Å². The predicted octanol–water partition coefficient (Wildman–Crippen LogP) is 7.42. The molecule has 5 aromatic carbocycles. The Hall–Kier alpha value is -5.62. The Kier molecular flexibility index (Phi) is 8.47. The summed E-state index contributed by atoms with van der Waals surface area (Å²) in [5.41, 5.74) is 5.84. The van der Waals surface area contributed by atoms with Crippen molar-refractivity contribution in [3.63, 3.8) is 0 Å². The number of carbonyl (C=O) groups is 2. The molecule has 0 saturated carbocycles. The minimum atomic E-state index is -0.734. The molecule has 1 atom stereocenters. The van der Waals surface area contributed by atoms with Crippen LogP contribution in [0.15, 0.2) is 135 Å². The summed E-state index contributed by atoms with van der Waals surface area (Å²) in [5.74, 6) is 0.367. The van der Waals surface area contributed by atoms with E-state index in [2.05, 4.69) is 92.0 Å². The number of hydrogen-bond donors (Lipinski definition) is 0. The van der Waals surface area contributed by atoms with Gasteiger partial charge in [-0.25, -0.2) is 9.59 Å². The quantitative estimate of drug-likeness (QED) is 0.0832. The van der Waals surface area contributed by atoms with Gasteiger partial charge in [0.2, 0.25) is 0 Å². The van der Waals surface area contributed by atoms with Crippen LogP contribution in [-0.4, -0.2) is 38.4 Å². The van der Waals surface area contributed by atoms with Crippen molar-refractivity contribution in [3.05, 3.63) is 157 Å². The fraction of sp³-hybridized carbons (Fsp3) is 0.128. The Morgan fingerprint density at radius 1 is 0.578 bits per heavy atom. The van der Waals surface area contributed by atoms with Gasteiger partial charge in [-0.05, 0) is 68.9 Å². The number of para-hydroxylation sites is 1. The van der Waals surface area contributed by atoms with E-state index < -0.39 is 17.4 Å². The molecule has 0 amide bonds. The van der Waals surface area contributed by atoms with E-state index in [1.165, 1.54) is 0 Å². The van der Waals surface area contributed by atoms with Gasteiger partial charge in [-0.3, -0.25) is 0 Å². The Labute approximate surface area is 262 Å². The first-order chi connectivity index (χ1) is 22.1. The van der Waals surface area contributed by atoms with Crippen molar-refractivity contribution in [3.8, 4) is 22.6 Å². The predicted molar refractivity (Wildman–Crippen MR) is 175 cm³/mol. The number of ether oxygens (including phenoxy) is 4. The Morgan fingerprint density at radius 2 is 1.16 bits per heavy atom. The smallest absolute Gasteiger partial charge is 0.330 e. The summed E-state index contributed by atoms with van der Waals surface area (Å²) in [5, 5.41) is 2.30. The normalized spacial score (nSPS) is 14.6. The summed E-state index contributed by atoms with van der Waals surface area (Å²) >= 11 is 0. The van der Waals surface area contributed by atoms with Crippen molar-refractivity contribution < 1.29 is 28.5 Å². The maximum absolute atomic E-state index is 11.6. The number of benzene rings is 5. The third-order valence-corrected chi connectivity index (χ3v) is 8.00. The first-order valence-corrected chi connectivity index (χ1v) is 14.7. The van der Waals surface area contributed by atoms with Gasteiger partial charge in [-0.1, -0.05) is 92.0 Å². The molecular formula is C39H32O6. The van der Waals surface area contributed by atoms with Gasteiger partial charge in [0.25, 0.3) is 0 Å². The molecule has 0 radical (unpaired) electrons. The molecule has 6 nitrogen and oxygen atoms in total. The SMILES string of the molecule is C=CC(=O)OCCOc1ccc(C2(c3ccccc3OCCOC(=O)C=C)c3ccccc3-c3cc4ccccc4cc32)cc1. The molecule has 6 rings (SSSR count). The lowest BCUT2D eigenvalue weighted by Crippen LogP contribution is -2.29. The molecule has 0 saturated heterocycles. The van der Waals surface area contributed by atoms with E-state index in [0.717, 1.165) is 56.3 Å². The van der Waals surface area contributed by atoms with Gasteiger partial charge in [-0.15, -0.1) is 0 Å². The first kappa shape index (κ1) is 29.5. The number of esters is 2. The average molecular weight is 597 g/mol. The highest BCUT2D eigenvalue weighted by atomic mass is 16.6.